The SMILES string of the molecule is CCCCNC(=O)[C@@H](C)N(Cc1cccc(OC)c1)C(=O)Cc1cc(C)cc(C)c1. The number of ether oxygens (including phenoxy) is 1. The normalized spacial score (nSPS) is 11.6. The Morgan fingerprint density at radius 2 is 1.77 bits per heavy atom. The van der Waals surface area contributed by atoms with Gasteiger partial charge in [-0.15, -0.1) is 0 Å². The molecule has 0 aliphatic carbocycles. The molecule has 0 spiro atoms. The van der Waals surface area contributed by atoms with Gasteiger partial charge in [-0.05, 0) is 50.5 Å². The second kappa shape index (κ2) is 11.4. The molecule has 2 amide bonds. The highest BCUT2D eigenvalue weighted by Gasteiger charge is 2.26. The van der Waals surface area contributed by atoms with Crippen LogP contribution < -0.4 is 10.1 Å². The third-order valence-electron chi connectivity index (χ3n) is 5.12. The molecule has 0 saturated carbocycles. The van der Waals surface area contributed by atoms with Crippen LogP contribution in [0.2, 0.25) is 0 Å². The van der Waals surface area contributed by atoms with Crippen molar-refractivity contribution >= 4 is 11.8 Å². The second-order valence-electron chi connectivity index (χ2n) is 7.87. The summed E-state index contributed by atoms with van der Waals surface area (Å²) >= 11 is 0. The summed E-state index contributed by atoms with van der Waals surface area (Å²) in [6, 6.07) is 13.2. The number of carbonyl (C=O) groups excluding carboxylic acids is 2. The molecule has 0 heterocycles. The van der Waals surface area contributed by atoms with Gasteiger partial charge < -0.3 is 15.0 Å². The van der Waals surface area contributed by atoms with E-state index in [4.69, 9.17) is 4.74 Å². The van der Waals surface area contributed by atoms with E-state index in [1.54, 1.807) is 18.9 Å². The molecule has 30 heavy (non-hydrogen) atoms. The predicted octanol–water partition coefficient (Wildman–Crippen LogP) is 4.19. The van der Waals surface area contributed by atoms with E-state index in [9.17, 15) is 9.59 Å². The van der Waals surface area contributed by atoms with Crippen LogP contribution in [0.3, 0.4) is 0 Å². The largest absolute Gasteiger partial charge is 0.497 e. The van der Waals surface area contributed by atoms with E-state index in [1.165, 1.54) is 0 Å². The van der Waals surface area contributed by atoms with Gasteiger partial charge in [0.15, 0.2) is 0 Å². The molecule has 0 bridgehead atoms. The number of aryl methyl sites for hydroxylation is 2. The maximum atomic E-state index is 13.3. The lowest BCUT2D eigenvalue weighted by Gasteiger charge is -2.29. The molecule has 0 aliphatic heterocycles. The Balaban J connectivity index is 2.24. The van der Waals surface area contributed by atoms with E-state index in [0.717, 1.165) is 40.8 Å². The Bertz CT molecular complexity index is 843. The fourth-order valence-electron chi connectivity index (χ4n) is 3.53. The summed E-state index contributed by atoms with van der Waals surface area (Å²) in [7, 11) is 1.62. The lowest BCUT2D eigenvalue weighted by Crippen LogP contribution is -2.48. The number of hydrogen-bond acceptors (Lipinski definition) is 3. The van der Waals surface area contributed by atoms with E-state index in [0.29, 0.717) is 13.1 Å². The minimum absolute atomic E-state index is 0.0686. The third kappa shape index (κ3) is 6.90. The van der Waals surface area contributed by atoms with Crippen LogP contribution in [0.5, 0.6) is 5.75 Å². The van der Waals surface area contributed by atoms with Crippen molar-refractivity contribution in [3.05, 3.63) is 64.7 Å². The molecule has 2 aromatic rings. The molecule has 0 aromatic heterocycles. The number of unbranched alkanes of at least 4 members (excludes halogenated alkanes) is 1. The van der Waals surface area contributed by atoms with E-state index in [2.05, 4.69) is 18.3 Å². The molecular formula is C25H34N2O3. The summed E-state index contributed by atoms with van der Waals surface area (Å²) in [4.78, 5) is 27.7. The standard InChI is InChI=1S/C25H34N2O3/c1-6-7-11-26-25(29)20(4)27(17-21-9-8-10-23(15-21)30-5)24(28)16-22-13-18(2)12-19(3)14-22/h8-10,12-15,20H,6-7,11,16-17H2,1-5H3,(H,26,29)/t20-/m1/s1. The first-order chi connectivity index (χ1) is 14.3. The number of methoxy groups -OCH3 is 1. The van der Waals surface area contributed by atoms with Crippen molar-refractivity contribution in [2.75, 3.05) is 13.7 Å². The molecular weight excluding hydrogens is 376 g/mol. The van der Waals surface area contributed by atoms with E-state index in [-0.39, 0.29) is 18.2 Å². The van der Waals surface area contributed by atoms with Gasteiger partial charge >= 0.3 is 0 Å². The zero-order valence-corrected chi connectivity index (χ0v) is 18.8. The van der Waals surface area contributed by atoms with Gasteiger partial charge in [-0.1, -0.05) is 54.8 Å². The quantitative estimate of drug-likeness (QED) is 0.598. The number of nitrogens with zero attached hydrogens (tertiary/aromatic N) is 1. The first kappa shape index (κ1) is 23.5. The summed E-state index contributed by atoms with van der Waals surface area (Å²) < 4.78 is 5.31. The van der Waals surface area contributed by atoms with Crippen molar-refractivity contribution in [3.63, 3.8) is 0 Å². The van der Waals surface area contributed by atoms with Crippen LogP contribution >= 0.6 is 0 Å². The maximum Gasteiger partial charge on any atom is 0.242 e. The van der Waals surface area contributed by atoms with Gasteiger partial charge in [0.05, 0.1) is 13.5 Å². The zero-order valence-electron chi connectivity index (χ0n) is 18.8. The van der Waals surface area contributed by atoms with Gasteiger partial charge in [0.25, 0.3) is 0 Å². The number of amides is 2. The first-order valence-corrected chi connectivity index (χ1v) is 10.6. The number of carbonyl (C=O) groups is 2. The zero-order chi connectivity index (χ0) is 22.1. The summed E-state index contributed by atoms with van der Waals surface area (Å²) in [5.74, 6) is 0.537. The van der Waals surface area contributed by atoms with Crippen molar-refractivity contribution < 1.29 is 14.3 Å². The minimum Gasteiger partial charge on any atom is -0.497 e. The van der Waals surface area contributed by atoms with Crippen LogP contribution in [0.4, 0.5) is 0 Å². The van der Waals surface area contributed by atoms with Crippen LogP contribution in [-0.2, 0) is 22.6 Å². The predicted molar refractivity (Wildman–Crippen MR) is 121 cm³/mol. The number of hydrogen-bond donors (Lipinski definition) is 1. The van der Waals surface area contributed by atoms with Gasteiger partial charge in [0.2, 0.25) is 11.8 Å². The molecule has 0 saturated heterocycles. The van der Waals surface area contributed by atoms with Crippen LogP contribution in [0.25, 0.3) is 0 Å². The summed E-state index contributed by atoms with van der Waals surface area (Å²) in [5, 5.41) is 2.95. The molecule has 0 unspecified atom stereocenters. The lowest BCUT2D eigenvalue weighted by atomic mass is 10.0. The first-order valence-electron chi connectivity index (χ1n) is 10.6. The monoisotopic (exact) mass is 410 g/mol. The summed E-state index contributed by atoms with van der Waals surface area (Å²) in [6.07, 6.45) is 2.19. The molecule has 5 heteroatoms. The third-order valence-corrected chi connectivity index (χ3v) is 5.12. The van der Waals surface area contributed by atoms with Gasteiger partial charge in [-0.25, -0.2) is 0 Å². The molecule has 0 aliphatic rings. The molecule has 0 radical (unpaired) electrons. The van der Waals surface area contributed by atoms with Crippen molar-refractivity contribution in [2.45, 2.75) is 59.5 Å². The average Bonchev–Trinajstić information content (AvgIpc) is 2.71. The number of benzene rings is 2. The van der Waals surface area contributed by atoms with Crippen LogP contribution in [0.15, 0.2) is 42.5 Å². The topological polar surface area (TPSA) is 58.6 Å². The average molecular weight is 411 g/mol. The Morgan fingerprint density at radius 1 is 1.07 bits per heavy atom. The number of nitrogens with one attached hydrogen (secondary N) is 1. The van der Waals surface area contributed by atoms with Crippen molar-refractivity contribution in [2.24, 2.45) is 0 Å². The van der Waals surface area contributed by atoms with E-state index in [1.807, 2.05) is 50.2 Å². The van der Waals surface area contributed by atoms with Crippen molar-refractivity contribution in [1.82, 2.24) is 10.2 Å². The fourth-order valence-corrected chi connectivity index (χ4v) is 3.53. The van der Waals surface area contributed by atoms with Crippen LogP contribution in [0, 0.1) is 13.8 Å². The minimum atomic E-state index is -0.563. The Morgan fingerprint density at radius 3 is 2.40 bits per heavy atom. The van der Waals surface area contributed by atoms with E-state index < -0.39 is 6.04 Å². The highest BCUT2D eigenvalue weighted by molar-refractivity contribution is 5.88. The fraction of sp³-hybridized carbons (Fsp3) is 0.440. The Hall–Kier alpha value is -2.82. The molecule has 162 valence electrons. The van der Waals surface area contributed by atoms with Gasteiger partial charge in [-0.2, -0.15) is 0 Å². The Kier molecular flexibility index (Phi) is 8.90. The van der Waals surface area contributed by atoms with Gasteiger partial charge in [0.1, 0.15) is 11.8 Å². The molecule has 1 N–H and O–H groups in total. The highest BCUT2D eigenvalue weighted by Crippen LogP contribution is 2.18. The summed E-state index contributed by atoms with van der Waals surface area (Å²) in [6.45, 7) is 8.90. The lowest BCUT2D eigenvalue weighted by molar-refractivity contribution is -0.140. The maximum absolute atomic E-state index is 13.3. The number of rotatable bonds is 10. The Labute approximate surface area is 180 Å². The highest BCUT2D eigenvalue weighted by atomic mass is 16.5. The summed E-state index contributed by atoms with van der Waals surface area (Å²) in [5.41, 5.74) is 4.15. The smallest absolute Gasteiger partial charge is 0.242 e. The molecule has 2 rings (SSSR count). The van der Waals surface area contributed by atoms with E-state index >= 15 is 0 Å². The molecule has 1 atom stereocenters. The van der Waals surface area contributed by atoms with Gasteiger partial charge in [0, 0.05) is 13.1 Å². The molecule has 2 aromatic carbocycles. The molecule has 0 fully saturated rings. The molecule has 5 nitrogen and oxygen atoms in total. The van der Waals surface area contributed by atoms with Crippen LogP contribution in [-0.4, -0.2) is 36.4 Å². The van der Waals surface area contributed by atoms with Gasteiger partial charge in [-0.3, -0.25) is 9.59 Å². The van der Waals surface area contributed by atoms with Crippen molar-refractivity contribution in [1.29, 1.82) is 0 Å². The second-order valence-corrected chi connectivity index (χ2v) is 7.87. The van der Waals surface area contributed by atoms with Crippen LogP contribution in [0.1, 0.15) is 48.9 Å². The van der Waals surface area contributed by atoms with Crippen molar-refractivity contribution in [3.8, 4) is 5.75 Å².